The zero-order chi connectivity index (χ0) is 13.8. The lowest BCUT2D eigenvalue weighted by atomic mass is 10.2. The Hall–Kier alpha value is -1.81. The van der Waals surface area contributed by atoms with Crippen LogP contribution < -0.4 is 5.32 Å². The average molecular weight is 282 g/mol. The smallest absolute Gasteiger partial charge is 0.287 e. The molecule has 0 aliphatic heterocycles. The molecular weight excluding hydrogens is 269 g/mol. The molecular formula is C14H13ClFNO2. The fourth-order valence-electron chi connectivity index (χ4n) is 1.64. The number of furan rings is 1. The van der Waals surface area contributed by atoms with E-state index in [9.17, 15) is 9.18 Å². The summed E-state index contributed by atoms with van der Waals surface area (Å²) in [4.78, 5) is 11.8. The van der Waals surface area contributed by atoms with E-state index in [2.05, 4.69) is 5.32 Å². The van der Waals surface area contributed by atoms with Gasteiger partial charge in [0, 0.05) is 12.1 Å². The largest absolute Gasteiger partial charge is 0.456 e. The normalized spacial score (nSPS) is 10.5. The molecule has 0 saturated carbocycles. The van der Waals surface area contributed by atoms with E-state index >= 15 is 0 Å². The lowest BCUT2D eigenvalue weighted by Gasteiger charge is -2.03. The highest BCUT2D eigenvalue weighted by atomic mass is 35.5. The third-order valence-corrected chi connectivity index (χ3v) is 3.04. The van der Waals surface area contributed by atoms with Gasteiger partial charge in [-0.15, -0.1) is 11.6 Å². The van der Waals surface area contributed by atoms with E-state index in [1.165, 1.54) is 12.1 Å². The van der Waals surface area contributed by atoms with Crippen molar-refractivity contribution in [3.8, 4) is 0 Å². The first-order valence-electron chi connectivity index (χ1n) is 5.78. The van der Waals surface area contributed by atoms with Gasteiger partial charge >= 0.3 is 0 Å². The van der Waals surface area contributed by atoms with Gasteiger partial charge in [0.2, 0.25) is 0 Å². The SMILES string of the molecule is Cc1oc(C(=O)NCc2ccc(F)cc2)cc1CCl. The monoisotopic (exact) mass is 281 g/mol. The second kappa shape index (κ2) is 5.89. The van der Waals surface area contributed by atoms with Gasteiger partial charge in [-0.05, 0) is 30.7 Å². The van der Waals surface area contributed by atoms with Crippen LogP contribution in [0.3, 0.4) is 0 Å². The Morgan fingerprint density at radius 2 is 2.05 bits per heavy atom. The van der Waals surface area contributed by atoms with E-state index in [-0.39, 0.29) is 17.5 Å². The minimum atomic E-state index is -0.316. The van der Waals surface area contributed by atoms with Gasteiger partial charge in [-0.2, -0.15) is 0 Å². The zero-order valence-electron chi connectivity index (χ0n) is 10.4. The van der Waals surface area contributed by atoms with Crippen molar-refractivity contribution >= 4 is 17.5 Å². The van der Waals surface area contributed by atoms with Gasteiger partial charge in [0.15, 0.2) is 5.76 Å². The van der Waals surface area contributed by atoms with Gasteiger partial charge in [-0.1, -0.05) is 12.1 Å². The fraction of sp³-hybridized carbons (Fsp3) is 0.214. The molecule has 0 unspecified atom stereocenters. The van der Waals surface area contributed by atoms with Crippen molar-refractivity contribution in [2.45, 2.75) is 19.3 Å². The van der Waals surface area contributed by atoms with E-state index in [0.29, 0.717) is 18.2 Å². The van der Waals surface area contributed by atoms with Gasteiger partial charge in [-0.3, -0.25) is 4.79 Å². The van der Waals surface area contributed by atoms with E-state index in [1.54, 1.807) is 25.1 Å². The van der Waals surface area contributed by atoms with Crippen LogP contribution >= 0.6 is 11.6 Å². The summed E-state index contributed by atoms with van der Waals surface area (Å²) in [5, 5.41) is 2.70. The Morgan fingerprint density at radius 3 is 2.63 bits per heavy atom. The molecule has 1 amide bonds. The van der Waals surface area contributed by atoms with E-state index in [4.69, 9.17) is 16.0 Å². The number of amides is 1. The van der Waals surface area contributed by atoms with Crippen molar-refractivity contribution in [1.82, 2.24) is 5.32 Å². The second-order valence-corrected chi connectivity index (χ2v) is 4.40. The number of benzene rings is 1. The molecule has 5 heteroatoms. The van der Waals surface area contributed by atoms with Crippen LogP contribution in [0.5, 0.6) is 0 Å². The summed E-state index contributed by atoms with van der Waals surface area (Å²) in [6.45, 7) is 2.07. The summed E-state index contributed by atoms with van der Waals surface area (Å²) in [5.41, 5.74) is 1.61. The van der Waals surface area contributed by atoms with E-state index in [0.717, 1.165) is 11.1 Å². The highest BCUT2D eigenvalue weighted by Crippen LogP contribution is 2.16. The molecule has 1 aromatic heterocycles. The molecule has 0 fully saturated rings. The standard InChI is InChI=1S/C14H13ClFNO2/c1-9-11(7-15)6-13(19-9)14(18)17-8-10-2-4-12(16)5-3-10/h2-6H,7-8H2,1H3,(H,17,18). The molecule has 2 aromatic rings. The summed E-state index contributed by atoms with van der Waals surface area (Å²) in [6, 6.07) is 7.57. The number of rotatable bonds is 4. The van der Waals surface area contributed by atoms with Gasteiger partial charge in [-0.25, -0.2) is 4.39 Å². The Labute approximate surface area is 115 Å². The van der Waals surface area contributed by atoms with Crippen molar-refractivity contribution in [2.75, 3.05) is 0 Å². The Kier molecular flexibility index (Phi) is 4.22. The summed E-state index contributed by atoms with van der Waals surface area (Å²) < 4.78 is 18.0. The number of aryl methyl sites for hydroxylation is 1. The van der Waals surface area contributed by atoms with Crippen LogP contribution in [0.4, 0.5) is 4.39 Å². The topological polar surface area (TPSA) is 42.2 Å². The van der Waals surface area contributed by atoms with Crippen molar-refractivity contribution in [3.05, 3.63) is 58.8 Å². The first-order valence-corrected chi connectivity index (χ1v) is 6.31. The summed E-state index contributed by atoms with van der Waals surface area (Å²) >= 11 is 5.71. The molecule has 19 heavy (non-hydrogen) atoms. The molecule has 0 spiro atoms. The van der Waals surface area contributed by atoms with Crippen molar-refractivity contribution < 1.29 is 13.6 Å². The molecule has 0 aliphatic carbocycles. The Morgan fingerprint density at radius 1 is 1.37 bits per heavy atom. The van der Waals surface area contributed by atoms with E-state index < -0.39 is 0 Å². The Bertz CT molecular complexity index is 578. The van der Waals surface area contributed by atoms with Gasteiger partial charge in [0.05, 0.1) is 5.88 Å². The maximum absolute atomic E-state index is 12.7. The number of nitrogens with one attached hydrogen (secondary N) is 1. The van der Waals surface area contributed by atoms with Crippen molar-refractivity contribution in [1.29, 1.82) is 0 Å². The minimum Gasteiger partial charge on any atom is -0.456 e. The van der Waals surface area contributed by atoms with Crippen LogP contribution in [0.2, 0.25) is 0 Å². The number of alkyl halides is 1. The van der Waals surface area contributed by atoms with Crippen LogP contribution in [-0.2, 0) is 12.4 Å². The number of halogens is 2. The maximum atomic E-state index is 12.7. The van der Waals surface area contributed by atoms with Crippen molar-refractivity contribution in [2.24, 2.45) is 0 Å². The molecule has 0 radical (unpaired) electrons. The number of carbonyl (C=O) groups excluding carboxylic acids is 1. The van der Waals surface area contributed by atoms with Gasteiger partial charge < -0.3 is 9.73 Å². The lowest BCUT2D eigenvalue weighted by Crippen LogP contribution is -2.22. The molecule has 0 saturated heterocycles. The zero-order valence-corrected chi connectivity index (χ0v) is 11.1. The molecule has 1 aromatic carbocycles. The van der Waals surface area contributed by atoms with Crippen molar-refractivity contribution in [3.63, 3.8) is 0 Å². The number of hydrogen-bond acceptors (Lipinski definition) is 2. The molecule has 0 atom stereocenters. The molecule has 0 aliphatic rings. The second-order valence-electron chi connectivity index (χ2n) is 4.13. The third-order valence-electron chi connectivity index (χ3n) is 2.75. The number of carbonyl (C=O) groups is 1. The first-order chi connectivity index (χ1) is 9.10. The predicted octanol–water partition coefficient (Wildman–Crippen LogP) is 3.40. The lowest BCUT2D eigenvalue weighted by molar-refractivity contribution is 0.0922. The molecule has 0 bridgehead atoms. The molecule has 100 valence electrons. The average Bonchev–Trinajstić information content (AvgIpc) is 2.79. The van der Waals surface area contributed by atoms with Crippen LogP contribution in [0.15, 0.2) is 34.7 Å². The quantitative estimate of drug-likeness (QED) is 0.873. The fourth-order valence-corrected chi connectivity index (χ4v) is 1.90. The highest BCUT2D eigenvalue weighted by molar-refractivity contribution is 6.17. The summed E-state index contributed by atoms with van der Waals surface area (Å²) in [6.07, 6.45) is 0. The van der Waals surface area contributed by atoms with E-state index in [1.807, 2.05) is 0 Å². The molecule has 3 nitrogen and oxygen atoms in total. The molecule has 2 rings (SSSR count). The minimum absolute atomic E-state index is 0.232. The maximum Gasteiger partial charge on any atom is 0.287 e. The summed E-state index contributed by atoms with van der Waals surface area (Å²) in [7, 11) is 0. The number of hydrogen-bond donors (Lipinski definition) is 1. The van der Waals surface area contributed by atoms with Crippen LogP contribution in [0.1, 0.15) is 27.4 Å². The summed E-state index contributed by atoms with van der Waals surface area (Å²) in [5.74, 6) is 0.560. The van der Waals surface area contributed by atoms with Crippen LogP contribution in [0, 0.1) is 12.7 Å². The first kappa shape index (κ1) is 13.6. The molecule has 1 N–H and O–H groups in total. The third kappa shape index (κ3) is 3.35. The Balaban J connectivity index is 1.99. The molecule has 1 heterocycles. The van der Waals surface area contributed by atoms with Crippen LogP contribution in [-0.4, -0.2) is 5.91 Å². The predicted molar refractivity (Wildman–Crippen MR) is 70.6 cm³/mol. The van der Waals surface area contributed by atoms with Gasteiger partial charge in [0.25, 0.3) is 5.91 Å². The van der Waals surface area contributed by atoms with Gasteiger partial charge in [0.1, 0.15) is 11.6 Å². The highest BCUT2D eigenvalue weighted by Gasteiger charge is 2.13. The van der Waals surface area contributed by atoms with Crippen LogP contribution in [0.25, 0.3) is 0 Å².